The molecule has 1 N–H and O–H groups in total. The van der Waals surface area contributed by atoms with Crippen LogP contribution in [0.1, 0.15) is 5.56 Å². The number of nitrogens with zero attached hydrogens (tertiary/aromatic N) is 2. The molecule has 0 spiro atoms. The SMILES string of the molecule is C=C(C(=O)NC)c1ccccc1Oc1ncno1. The zero-order valence-corrected chi connectivity index (χ0v) is 9.71. The zero-order valence-electron chi connectivity index (χ0n) is 9.71. The third-order valence-corrected chi connectivity index (χ3v) is 2.25. The van der Waals surface area contributed by atoms with Gasteiger partial charge in [0.25, 0.3) is 5.91 Å². The number of nitrogens with one attached hydrogen (secondary N) is 1. The Bertz CT molecular complexity index is 564. The second-order valence-electron chi connectivity index (χ2n) is 3.36. The fraction of sp³-hybridized carbons (Fsp3) is 0.0833. The van der Waals surface area contributed by atoms with Gasteiger partial charge in [0, 0.05) is 18.2 Å². The van der Waals surface area contributed by atoms with Gasteiger partial charge in [-0.05, 0) is 6.07 Å². The van der Waals surface area contributed by atoms with Gasteiger partial charge in [0.1, 0.15) is 5.75 Å². The summed E-state index contributed by atoms with van der Waals surface area (Å²) in [6.07, 6.45) is 1.23. The van der Waals surface area contributed by atoms with Crippen LogP contribution in [0.3, 0.4) is 0 Å². The fourth-order valence-corrected chi connectivity index (χ4v) is 1.38. The molecule has 18 heavy (non-hydrogen) atoms. The van der Waals surface area contributed by atoms with E-state index in [4.69, 9.17) is 9.26 Å². The van der Waals surface area contributed by atoms with Crippen LogP contribution in [0.25, 0.3) is 5.57 Å². The summed E-state index contributed by atoms with van der Waals surface area (Å²) < 4.78 is 10.1. The van der Waals surface area contributed by atoms with Gasteiger partial charge in [0.2, 0.25) is 0 Å². The number of amides is 1. The van der Waals surface area contributed by atoms with E-state index in [9.17, 15) is 4.79 Å². The first-order valence-electron chi connectivity index (χ1n) is 5.17. The lowest BCUT2D eigenvalue weighted by molar-refractivity contribution is -0.115. The topological polar surface area (TPSA) is 77.2 Å². The van der Waals surface area contributed by atoms with E-state index < -0.39 is 0 Å². The molecule has 0 aliphatic carbocycles. The Kier molecular flexibility index (Phi) is 3.38. The van der Waals surface area contributed by atoms with Crippen LogP contribution in [0.2, 0.25) is 0 Å². The number of para-hydroxylation sites is 1. The normalized spacial score (nSPS) is 9.83. The minimum Gasteiger partial charge on any atom is -0.409 e. The lowest BCUT2D eigenvalue weighted by Gasteiger charge is -2.09. The maximum atomic E-state index is 11.5. The van der Waals surface area contributed by atoms with Gasteiger partial charge in [-0.25, -0.2) is 0 Å². The average Bonchev–Trinajstić information content (AvgIpc) is 2.90. The lowest BCUT2D eigenvalue weighted by Crippen LogP contribution is -2.18. The van der Waals surface area contributed by atoms with Gasteiger partial charge >= 0.3 is 6.08 Å². The number of carbonyl (C=O) groups is 1. The summed E-state index contributed by atoms with van der Waals surface area (Å²) in [5.41, 5.74) is 0.864. The standard InChI is InChI=1S/C12H11N3O3/c1-8(11(16)13-2)9-5-3-4-6-10(9)17-12-14-7-15-18-12/h3-7H,1H2,2H3,(H,13,16). The molecule has 0 aliphatic rings. The molecule has 1 aromatic carbocycles. The molecule has 6 heteroatoms. The minimum atomic E-state index is -0.281. The summed E-state index contributed by atoms with van der Waals surface area (Å²) in [5, 5.41) is 5.94. The summed E-state index contributed by atoms with van der Waals surface area (Å²) in [6.45, 7) is 3.73. The van der Waals surface area contributed by atoms with Gasteiger partial charge in [0.15, 0.2) is 6.33 Å². The summed E-state index contributed by atoms with van der Waals surface area (Å²) in [7, 11) is 1.54. The third-order valence-electron chi connectivity index (χ3n) is 2.25. The van der Waals surface area contributed by atoms with Crippen molar-refractivity contribution in [3.63, 3.8) is 0 Å². The average molecular weight is 245 g/mol. The Morgan fingerprint density at radius 2 is 2.22 bits per heavy atom. The Morgan fingerprint density at radius 1 is 1.44 bits per heavy atom. The van der Waals surface area contributed by atoms with Crippen LogP contribution in [-0.4, -0.2) is 23.1 Å². The molecule has 1 aromatic heterocycles. The van der Waals surface area contributed by atoms with Crippen molar-refractivity contribution in [2.24, 2.45) is 0 Å². The third kappa shape index (κ3) is 2.37. The number of hydrogen-bond donors (Lipinski definition) is 1. The summed E-state index contributed by atoms with van der Waals surface area (Å²) in [6, 6.07) is 6.97. The van der Waals surface area contributed by atoms with Gasteiger partial charge in [-0.1, -0.05) is 29.9 Å². The summed E-state index contributed by atoms with van der Waals surface area (Å²) in [5.74, 6) is 0.145. The Balaban J connectivity index is 2.31. The summed E-state index contributed by atoms with van der Waals surface area (Å²) in [4.78, 5) is 15.3. The van der Waals surface area contributed by atoms with Crippen LogP contribution in [0, 0.1) is 0 Å². The van der Waals surface area contributed by atoms with Crippen LogP contribution >= 0.6 is 0 Å². The highest BCUT2D eigenvalue weighted by Crippen LogP contribution is 2.28. The van der Waals surface area contributed by atoms with E-state index in [1.54, 1.807) is 24.3 Å². The molecule has 0 fully saturated rings. The smallest absolute Gasteiger partial charge is 0.409 e. The van der Waals surface area contributed by atoms with Crippen molar-refractivity contribution in [3.8, 4) is 11.8 Å². The van der Waals surface area contributed by atoms with Crippen LogP contribution in [0.5, 0.6) is 11.8 Å². The van der Waals surface area contributed by atoms with E-state index >= 15 is 0 Å². The van der Waals surface area contributed by atoms with E-state index in [1.165, 1.54) is 13.4 Å². The molecule has 1 amide bonds. The molecule has 92 valence electrons. The van der Waals surface area contributed by atoms with Crippen molar-refractivity contribution in [1.82, 2.24) is 15.5 Å². The monoisotopic (exact) mass is 245 g/mol. The first-order valence-corrected chi connectivity index (χ1v) is 5.17. The number of aromatic nitrogens is 2. The molecule has 0 saturated heterocycles. The number of rotatable bonds is 4. The van der Waals surface area contributed by atoms with Crippen molar-refractivity contribution < 1.29 is 14.1 Å². The second-order valence-corrected chi connectivity index (χ2v) is 3.36. The van der Waals surface area contributed by atoms with Crippen LogP contribution in [-0.2, 0) is 4.79 Å². The van der Waals surface area contributed by atoms with Crippen molar-refractivity contribution in [2.75, 3.05) is 7.05 Å². The molecule has 2 rings (SSSR count). The molecule has 6 nitrogen and oxygen atoms in total. The maximum Gasteiger partial charge on any atom is 0.422 e. The molecule has 0 unspecified atom stereocenters. The highest BCUT2D eigenvalue weighted by molar-refractivity contribution is 6.19. The van der Waals surface area contributed by atoms with E-state index in [0.29, 0.717) is 16.9 Å². The lowest BCUT2D eigenvalue weighted by atomic mass is 10.1. The van der Waals surface area contributed by atoms with Crippen molar-refractivity contribution >= 4 is 11.5 Å². The molecule has 2 aromatic rings. The minimum absolute atomic E-state index is 0.00663. The van der Waals surface area contributed by atoms with Crippen molar-refractivity contribution in [2.45, 2.75) is 0 Å². The Hall–Kier alpha value is -2.63. The van der Waals surface area contributed by atoms with Crippen LogP contribution < -0.4 is 10.1 Å². The molecule has 0 aliphatic heterocycles. The highest BCUT2D eigenvalue weighted by atomic mass is 16.6. The van der Waals surface area contributed by atoms with Gasteiger partial charge in [-0.2, -0.15) is 4.98 Å². The maximum absolute atomic E-state index is 11.5. The summed E-state index contributed by atoms with van der Waals surface area (Å²) >= 11 is 0. The molecule has 0 radical (unpaired) electrons. The number of ether oxygens (including phenoxy) is 1. The van der Waals surface area contributed by atoms with Crippen LogP contribution in [0.4, 0.5) is 0 Å². The van der Waals surface area contributed by atoms with Gasteiger partial charge in [0.05, 0.1) is 0 Å². The molecular formula is C12H11N3O3. The van der Waals surface area contributed by atoms with Gasteiger partial charge in [-0.15, -0.1) is 0 Å². The predicted molar refractivity (Wildman–Crippen MR) is 63.9 cm³/mol. The molecule has 0 bridgehead atoms. The van der Waals surface area contributed by atoms with Crippen molar-refractivity contribution in [1.29, 1.82) is 0 Å². The molecule has 1 heterocycles. The highest BCUT2D eigenvalue weighted by Gasteiger charge is 2.14. The molecular weight excluding hydrogens is 234 g/mol. The quantitative estimate of drug-likeness (QED) is 0.828. The predicted octanol–water partition coefficient (Wildman–Crippen LogP) is 1.62. The van der Waals surface area contributed by atoms with Crippen LogP contribution in [0.15, 0.2) is 41.7 Å². The Morgan fingerprint density at radius 3 is 2.89 bits per heavy atom. The van der Waals surface area contributed by atoms with Gasteiger partial charge < -0.3 is 10.1 Å². The van der Waals surface area contributed by atoms with E-state index in [2.05, 4.69) is 22.0 Å². The number of hydrogen-bond acceptors (Lipinski definition) is 5. The first kappa shape index (κ1) is 11.8. The van der Waals surface area contributed by atoms with E-state index in [0.717, 1.165) is 0 Å². The zero-order chi connectivity index (χ0) is 13.0. The fourth-order valence-electron chi connectivity index (χ4n) is 1.38. The number of likely N-dealkylation sites (N-methyl/N-ethyl adjacent to an activating group) is 1. The van der Waals surface area contributed by atoms with Gasteiger partial charge in [-0.3, -0.25) is 9.32 Å². The van der Waals surface area contributed by atoms with E-state index in [1.807, 2.05) is 0 Å². The number of benzene rings is 1. The Labute approximate surface area is 103 Å². The largest absolute Gasteiger partial charge is 0.422 e. The molecule has 0 atom stereocenters. The second kappa shape index (κ2) is 5.13. The first-order chi connectivity index (χ1) is 8.72. The van der Waals surface area contributed by atoms with Crippen molar-refractivity contribution in [3.05, 3.63) is 42.7 Å². The van der Waals surface area contributed by atoms with E-state index in [-0.39, 0.29) is 12.0 Å². The number of carbonyl (C=O) groups excluding carboxylic acids is 1. The molecule has 0 saturated carbocycles.